The van der Waals surface area contributed by atoms with Gasteiger partial charge in [-0.2, -0.15) is 13.2 Å². The third-order valence-corrected chi connectivity index (χ3v) is 4.52. The highest BCUT2D eigenvalue weighted by atomic mass is 35.5. The standard InChI is InChI=1S/C15H18ClF4NO/c16-11-7-9(15(18,19)20)6-10(12(11)17)13(21)14(22)8-4-2-1-3-5-8/h6-8,13-14,22H,1-5,21H2/t13-,14+/m1/s1. The van der Waals surface area contributed by atoms with Crippen molar-refractivity contribution in [1.29, 1.82) is 0 Å². The highest BCUT2D eigenvalue weighted by Gasteiger charge is 2.35. The van der Waals surface area contributed by atoms with Crippen LogP contribution in [0.1, 0.15) is 49.3 Å². The van der Waals surface area contributed by atoms with Crippen LogP contribution in [0.5, 0.6) is 0 Å². The largest absolute Gasteiger partial charge is 0.416 e. The zero-order chi connectivity index (χ0) is 16.5. The number of halogens is 5. The second kappa shape index (κ2) is 6.72. The van der Waals surface area contributed by atoms with Crippen LogP contribution >= 0.6 is 11.6 Å². The van der Waals surface area contributed by atoms with Gasteiger partial charge < -0.3 is 10.8 Å². The Labute approximate surface area is 131 Å². The summed E-state index contributed by atoms with van der Waals surface area (Å²) >= 11 is 5.55. The molecule has 0 heterocycles. The molecule has 2 atom stereocenters. The molecular weight excluding hydrogens is 322 g/mol. The molecule has 1 saturated carbocycles. The third-order valence-electron chi connectivity index (χ3n) is 4.24. The summed E-state index contributed by atoms with van der Waals surface area (Å²) < 4.78 is 52.5. The second-order valence-electron chi connectivity index (χ2n) is 5.77. The molecule has 1 aliphatic carbocycles. The number of hydrogen-bond acceptors (Lipinski definition) is 2. The van der Waals surface area contributed by atoms with Gasteiger partial charge in [-0.3, -0.25) is 0 Å². The minimum atomic E-state index is -4.65. The van der Waals surface area contributed by atoms with Crippen LogP contribution in [-0.2, 0) is 6.18 Å². The minimum Gasteiger partial charge on any atom is -0.391 e. The molecule has 0 saturated heterocycles. The van der Waals surface area contributed by atoms with E-state index in [1.807, 2.05) is 0 Å². The van der Waals surface area contributed by atoms with Crippen molar-refractivity contribution in [3.8, 4) is 0 Å². The summed E-state index contributed by atoms with van der Waals surface area (Å²) in [6.45, 7) is 0. The van der Waals surface area contributed by atoms with E-state index in [1.165, 1.54) is 0 Å². The molecule has 1 aliphatic rings. The van der Waals surface area contributed by atoms with Crippen LogP contribution in [0, 0.1) is 11.7 Å². The Bertz CT molecular complexity index is 529. The maximum Gasteiger partial charge on any atom is 0.416 e. The summed E-state index contributed by atoms with van der Waals surface area (Å²) in [4.78, 5) is 0. The number of nitrogens with two attached hydrogens (primary N) is 1. The summed E-state index contributed by atoms with van der Waals surface area (Å²) in [6.07, 6.45) is -1.34. The second-order valence-corrected chi connectivity index (χ2v) is 6.18. The number of aliphatic hydroxyl groups excluding tert-OH is 1. The van der Waals surface area contributed by atoms with Crippen molar-refractivity contribution in [3.63, 3.8) is 0 Å². The lowest BCUT2D eigenvalue weighted by Crippen LogP contribution is -2.35. The van der Waals surface area contributed by atoms with Gasteiger partial charge in [-0.1, -0.05) is 30.9 Å². The van der Waals surface area contributed by atoms with Crippen molar-refractivity contribution in [1.82, 2.24) is 0 Å². The van der Waals surface area contributed by atoms with Gasteiger partial charge in [0.2, 0.25) is 0 Å². The lowest BCUT2D eigenvalue weighted by atomic mass is 9.81. The summed E-state index contributed by atoms with van der Waals surface area (Å²) in [5.41, 5.74) is 4.38. The monoisotopic (exact) mass is 339 g/mol. The molecular formula is C15H18ClF4NO. The van der Waals surface area contributed by atoms with E-state index >= 15 is 0 Å². The number of rotatable bonds is 3. The van der Waals surface area contributed by atoms with E-state index in [9.17, 15) is 22.7 Å². The first-order valence-corrected chi connectivity index (χ1v) is 7.59. The Morgan fingerprint density at radius 1 is 1.18 bits per heavy atom. The molecule has 0 spiro atoms. The van der Waals surface area contributed by atoms with Crippen LogP contribution in [0.15, 0.2) is 12.1 Å². The van der Waals surface area contributed by atoms with E-state index in [0.717, 1.165) is 32.1 Å². The van der Waals surface area contributed by atoms with Crippen molar-refractivity contribution in [2.75, 3.05) is 0 Å². The van der Waals surface area contributed by atoms with E-state index in [4.69, 9.17) is 17.3 Å². The Balaban J connectivity index is 2.31. The molecule has 22 heavy (non-hydrogen) atoms. The Morgan fingerprint density at radius 2 is 1.77 bits per heavy atom. The van der Waals surface area contributed by atoms with Gasteiger partial charge in [-0.25, -0.2) is 4.39 Å². The summed E-state index contributed by atoms with van der Waals surface area (Å²) in [5, 5.41) is 9.65. The maximum absolute atomic E-state index is 14.1. The normalized spacial score (nSPS) is 20.0. The molecule has 0 amide bonds. The smallest absolute Gasteiger partial charge is 0.391 e. The van der Waals surface area contributed by atoms with Crippen LogP contribution < -0.4 is 5.73 Å². The third kappa shape index (κ3) is 3.73. The summed E-state index contributed by atoms with van der Waals surface area (Å²) in [6, 6.07) is -0.0687. The molecule has 2 nitrogen and oxygen atoms in total. The molecule has 2 rings (SSSR count). The van der Waals surface area contributed by atoms with E-state index in [2.05, 4.69) is 0 Å². The first-order chi connectivity index (χ1) is 10.2. The maximum atomic E-state index is 14.1. The lowest BCUT2D eigenvalue weighted by molar-refractivity contribution is -0.137. The highest BCUT2D eigenvalue weighted by molar-refractivity contribution is 6.30. The number of aliphatic hydroxyl groups is 1. The van der Waals surface area contributed by atoms with Crippen molar-refractivity contribution < 1.29 is 22.7 Å². The van der Waals surface area contributed by atoms with Gasteiger partial charge in [0.1, 0.15) is 5.82 Å². The molecule has 0 radical (unpaired) electrons. The van der Waals surface area contributed by atoms with E-state index in [-0.39, 0.29) is 5.92 Å². The van der Waals surface area contributed by atoms with Crippen molar-refractivity contribution >= 4 is 11.6 Å². The quantitative estimate of drug-likeness (QED) is 0.800. The van der Waals surface area contributed by atoms with Crippen LogP contribution in [0.2, 0.25) is 5.02 Å². The molecule has 7 heteroatoms. The molecule has 0 aliphatic heterocycles. The van der Waals surface area contributed by atoms with E-state index in [0.29, 0.717) is 12.1 Å². The molecule has 0 aromatic heterocycles. The van der Waals surface area contributed by atoms with Gasteiger partial charge in [0.05, 0.1) is 22.7 Å². The lowest BCUT2D eigenvalue weighted by Gasteiger charge is -2.31. The van der Waals surface area contributed by atoms with Gasteiger partial charge in [-0.15, -0.1) is 0 Å². The van der Waals surface area contributed by atoms with E-state index in [1.54, 1.807) is 0 Å². The van der Waals surface area contributed by atoms with Crippen LogP contribution in [0.3, 0.4) is 0 Å². The van der Waals surface area contributed by atoms with Crippen LogP contribution in [-0.4, -0.2) is 11.2 Å². The molecule has 124 valence electrons. The van der Waals surface area contributed by atoms with Gasteiger partial charge in [0.25, 0.3) is 0 Å². The zero-order valence-corrected chi connectivity index (χ0v) is 12.6. The molecule has 0 unspecified atom stereocenters. The Kier molecular flexibility index (Phi) is 5.35. The highest BCUT2D eigenvalue weighted by Crippen LogP contribution is 2.37. The fourth-order valence-corrected chi connectivity index (χ4v) is 3.20. The Hall–Kier alpha value is -0.850. The van der Waals surface area contributed by atoms with Crippen molar-refractivity contribution in [3.05, 3.63) is 34.1 Å². The first kappa shape index (κ1) is 17.5. The van der Waals surface area contributed by atoms with Gasteiger partial charge >= 0.3 is 6.18 Å². The number of hydrogen-bond donors (Lipinski definition) is 2. The molecule has 0 bridgehead atoms. The van der Waals surface area contributed by atoms with Crippen LogP contribution in [0.4, 0.5) is 17.6 Å². The number of benzene rings is 1. The predicted octanol–water partition coefficient (Wildman–Crippen LogP) is 4.44. The average molecular weight is 340 g/mol. The van der Waals surface area contributed by atoms with E-state index < -0.39 is 40.3 Å². The molecule has 1 fully saturated rings. The fraction of sp³-hybridized carbons (Fsp3) is 0.600. The predicted molar refractivity (Wildman–Crippen MR) is 75.9 cm³/mol. The van der Waals surface area contributed by atoms with Crippen molar-refractivity contribution in [2.24, 2.45) is 11.7 Å². The summed E-state index contributed by atoms with van der Waals surface area (Å²) in [5.74, 6) is -1.13. The Morgan fingerprint density at radius 3 is 2.32 bits per heavy atom. The molecule has 1 aromatic carbocycles. The molecule has 3 N–H and O–H groups in total. The molecule has 1 aromatic rings. The SMILES string of the molecule is N[C@H](c1cc(C(F)(F)F)cc(Cl)c1F)[C@@H](O)C1CCCCC1. The minimum absolute atomic E-state index is 0.128. The van der Waals surface area contributed by atoms with Gasteiger partial charge in [0, 0.05) is 5.56 Å². The average Bonchev–Trinajstić information content (AvgIpc) is 2.48. The number of alkyl halides is 3. The van der Waals surface area contributed by atoms with Gasteiger partial charge in [-0.05, 0) is 30.9 Å². The zero-order valence-electron chi connectivity index (χ0n) is 11.8. The first-order valence-electron chi connectivity index (χ1n) is 7.21. The fourth-order valence-electron chi connectivity index (χ4n) is 2.97. The van der Waals surface area contributed by atoms with Crippen molar-refractivity contribution in [2.45, 2.75) is 50.4 Å². The van der Waals surface area contributed by atoms with Crippen LogP contribution in [0.25, 0.3) is 0 Å². The topological polar surface area (TPSA) is 46.2 Å². The summed E-state index contributed by atoms with van der Waals surface area (Å²) in [7, 11) is 0. The van der Waals surface area contributed by atoms with Gasteiger partial charge in [0.15, 0.2) is 0 Å².